The topological polar surface area (TPSA) is 87.7 Å². The second-order valence-corrected chi connectivity index (χ2v) is 4.38. The Morgan fingerprint density at radius 2 is 2.17 bits per heavy atom. The molecule has 1 aromatic rings. The van der Waals surface area contributed by atoms with Crippen LogP contribution in [-0.4, -0.2) is 23.5 Å². The Morgan fingerprint density at radius 3 is 2.78 bits per heavy atom. The summed E-state index contributed by atoms with van der Waals surface area (Å²) in [6.07, 6.45) is 0. The summed E-state index contributed by atoms with van der Waals surface area (Å²) in [4.78, 5) is 12.0. The van der Waals surface area contributed by atoms with Crippen LogP contribution >= 0.6 is 0 Å². The molecule has 0 aliphatic heterocycles. The van der Waals surface area contributed by atoms with E-state index >= 15 is 0 Å². The molecule has 0 bridgehead atoms. The number of aryl methyl sites for hydroxylation is 1. The number of rotatable bonds is 4. The number of carbonyl (C=O) groups excluding carboxylic acids is 1. The third-order valence-corrected chi connectivity index (χ3v) is 3.04. The van der Waals surface area contributed by atoms with Gasteiger partial charge in [0.25, 0.3) is 5.91 Å². The van der Waals surface area contributed by atoms with Crippen LogP contribution in [0.5, 0.6) is 0 Å². The van der Waals surface area contributed by atoms with E-state index < -0.39 is 0 Å². The van der Waals surface area contributed by atoms with Crippen molar-refractivity contribution in [3.8, 4) is 0 Å². The molecule has 0 aliphatic rings. The Kier molecular flexibility index (Phi) is 4.71. The van der Waals surface area contributed by atoms with E-state index in [0.29, 0.717) is 12.1 Å². The molecule has 0 saturated carbocycles. The van der Waals surface area contributed by atoms with Gasteiger partial charge in [-0.05, 0) is 31.0 Å². The number of hydrogen-bond acceptors (Lipinski definition) is 3. The predicted octanol–water partition coefficient (Wildman–Crippen LogP) is 1.42. The summed E-state index contributed by atoms with van der Waals surface area (Å²) in [5.74, 6) is -0.242. The van der Waals surface area contributed by atoms with Crippen LogP contribution in [0, 0.1) is 19.8 Å². The molecule has 1 unspecified atom stereocenters. The predicted molar refractivity (Wildman–Crippen MR) is 70.8 cm³/mol. The lowest BCUT2D eigenvalue weighted by molar-refractivity contribution is 0.0950. The average molecular weight is 249 g/mol. The lowest BCUT2D eigenvalue weighted by Crippen LogP contribution is -2.35. The van der Waals surface area contributed by atoms with Gasteiger partial charge < -0.3 is 16.3 Å². The number of nitrogens with two attached hydrogens (primary N) is 1. The maximum absolute atomic E-state index is 12.0. The zero-order chi connectivity index (χ0) is 13.7. The highest BCUT2D eigenvalue weighted by Crippen LogP contribution is 2.12. The van der Waals surface area contributed by atoms with Gasteiger partial charge >= 0.3 is 0 Å². The van der Waals surface area contributed by atoms with Crippen molar-refractivity contribution in [3.05, 3.63) is 34.9 Å². The summed E-state index contributed by atoms with van der Waals surface area (Å²) in [5.41, 5.74) is 8.14. The fraction of sp³-hybridized carbons (Fsp3) is 0.385. The Hall–Kier alpha value is -2.04. The minimum Gasteiger partial charge on any atom is -0.409 e. The van der Waals surface area contributed by atoms with E-state index in [1.807, 2.05) is 26.0 Å². The number of oxime groups is 1. The fourth-order valence-corrected chi connectivity index (χ4v) is 1.54. The standard InChI is InChI=1S/C13H19N3O2/c1-8-5-4-6-11(10(8)3)13(17)15-7-9(2)12(14)16-18/h4-6,9,18H,7H2,1-3H3,(H2,14,16)(H,15,17). The molecule has 1 atom stereocenters. The summed E-state index contributed by atoms with van der Waals surface area (Å²) in [6, 6.07) is 5.60. The lowest BCUT2D eigenvalue weighted by atomic mass is 10.0. The first-order chi connectivity index (χ1) is 8.47. The first-order valence-corrected chi connectivity index (χ1v) is 5.79. The Bertz CT molecular complexity index is 469. The van der Waals surface area contributed by atoms with Crippen molar-refractivity contribution in [3.63, 3.8) is 0 Å². The van der Waals surface area contributed by atoms with Gasteiger partial charge in [-0.1, -0.05) is 24.2 Å². The van der Waals surface area contributed by atoms with E-state index in [-0.39, 0.29) is 17.7 Å². The van der Waals surface area contributed by atoms with Crippen molar-refractivity contribution < 1.29 is 10.0 Å². The molecular weight excluding hydrogens is 230 g/mol. The summed E-state index contributed by atoms with van der Waals surface area (Å²) in [5, 5.41) is 14.2. The van der Waals surface area contributed by atoms with Gasteiger partial charge in [-0.15, -0.1) is 0 Å². The highest BCUT2D eigenvalue weighted by atomic mass is 16.4. The monoisotopic (exact) mass is 249 g/mol. The third kappa shape index (κ3) is 3.23. The first kappa shape index (κ1) is 14.0. The Labute approximate surface area is 107 Å². The number of amides is 1. The van der Waals surface area contributed by atoms with Gasteiger partial charge in [0.05, 0.1) is 0 Å². The van der Waals surface area contributed by atoms with Crippen LogP contribution in [-0.2, 0) is 0 Å². The summed E-state index contributed by atoms with van der Waals surface area (Å²) in [7, 11) is 0. The molecule has 0 heterocycles. The van der Waals surface area contributed by atoms with E-state index in [2.05, 4.69) is 10.5 Å². The van der Waals surface area contributed by atoms with Gasteiger partial charge in [0.1, 0.15) is 5.84 Å². The molecule has 0 spiro atoms. The molecule has 18 heavy (non-hydrogen) atoms. The summed E-state index contributed by atoms with van der Waals surface area (Å²) >= 11 is 0. The zero-order valence-corrected chi connectivity index (χ0v) is 10.9. The third-order valence-electron chi connectivity index (χ3n) is 3.04. The smallest absolute Gasteiger partial charge is 0.251 e. The number of benzene rings is 1. The Morgan fingerprint density at radius 1 is 1.50 bits per heavy atom. The molecule has 0 saturated heterocycles. The fourth-order valence-electron chi connectivity index (χ4n) is 1.54. The van der Waals surface area contributed by atoms with Gasteiger partial charge in [-0.3, -0.25) is 4.79 Å². The summed E-state index contributed by atoms with van der Waals surface area (Å²) < 4.78 is 0. The van der Waals surface area contributed by atoms with Crippen molar-refractivity contribution in [1.29, 1.82) is 0 Å². The van der Waals surface area contributed by atoms with Crippen LogP contribution in [0.2, 0.25) is 0 Å². The number of nitrogens with one attached hydrogen (secondary N) is 1. The molecule has 0 aliphatic carbocycles. The number of hydrogen-bond donors (Lipinski definition) is 3. The molecule has 98 valence electrons. The van der Waals surface area contributed by atoms with E-state index in [0.717, 1.165) is 11.1 Å². The Balaban J connectivity index is 2.69. The minimum atomic E-state index is -0.205. The van der Waals surface area contributed by atoms with Crippen molar-refractivity contribution in [1.82, 2.24) is 5.32 Å². The van der Waals surface area contributed by atoms with Crippen molar-refractivity contribution >= 4 is 11.7 Å². The molecule has 0 aromatic heterocycles. The average Bonchev–Trinajstić information content (AvgIpc) is 2.37. The van der Waals surface area contributed by atoms with Gasteiger partial charge in [0.2, 0.25) is 0 Å². The second kappa shape index (κ2) is 6.05. The lowest BCUT2D eigenvalue weighted by Gasteiger charge is -2.12. The van der Waals surface area contributed by atoms with Crippen LogP contribution in [0.25, 0.3) is 0 Å². The number of nitrogens with zero attached hydrogens (tertiary/aromatic N) is 1. The highest BCUT2D eigenvalue weighted by molar-refractivity contribution is 5.96. The zero-order valence-electron chi connectivity index (χ0n) is 10.9. The largest absolute Gasteiger partial charge is 0.409 e. The molecule has 1 rings (SSSR count). The molecule has 0 fully saturated rings. The second-order valence-electron chi connectivity index (χ2n) is 4.38. The normalized spacial score (nSPS) is 13.2. The number of amidine groups is 1. The van der Waals surface area contributed by atoms with E-state index in [4.69, 9.17) is 10.9 Å². The van der Waals surface area contributed by atoms with E-state index in [1.54, 1.807) is 13.0 Å². The van der Waals surface area contributed by atoms with Crippen molar-refractivity contribution in [2.24, 2.45) is 16.8 Å². The van der Waals surface area contributed by atoms with Crippen LogP contribution in [0.1, 0.15) is 28.4 Å². The van der Waals surface area contributed by atoms with Gasteiger partial charge in [0.15, 0.2) is 0 Å². The molecule has 0 radical (unpaired) electrons. The maximum Gasteiger partial charge on any atom is 0.251 e. The molecular formula is C13H19N3O2. The summed E-state index contributed by atoms with van der Waals surface area (Å²) in [6.45, 7) is 5.99. The van der Waals surface area contributed by atoms with Crippen molar-refractivity contribution in [2.45, 2.75) is 20.8 Å². The highest BCUT2D eigenvalue weighted by Gasteiger charge is 2.13. The number of carbonyl (C=O) groups is 1. The molecule has 1 aromatic carbocycles. The van der Waals surface area contributed by atoms with E-state index in [9.17, 15) is 4.79 Å². The molecule has 1 amide bonds. The molecule has 5 heteroatoms. The van der Waals surface area contributed by atoms with E-state index in [1.165, 1.54) is 0 Å². The quantitative estimate of drug-likeness (QED) is 0.326. The van der Waals surface area contributed by atoms with Crippen LogP contribution in [0.15, 0.2) is 23.4 Å². The van der Waals surface area contributed by atoms with Crippen molar-refractivity contribution in [2.75, 3.05) is 6.54 Å². The van der Waals surface area contributed by atoms with Crippen LogP contribution in [0.4, 0.5) is 0 Å². The van der Waals surface area contributed by atoms with Crippen LogP contribution < -0.4 is 11.1 Å². The molecule has 5 nitrogen and oxygen atoms in total. The van der Waals surface area contributed by atoms with Gasteiger partial charge in [0, 0.05) is 18.0 Å². The first-order valence-electron chi connectivity index (χ1n) is 5.79. The van der Waals surface area contributed by atoms with Gasteiger partial charge in [-0.25, -0.2) is 0 Å². The minimum absolute atomic E-state index is 0.108. The molecule has 4 N–H and O–H groups in total. The van der Waals surface area contributed by atoms with Crippen LogP contribution in [0.3, 0.4) is 0 Å². The SMILES string of the molecule is Cc1cccc(C(=O)NCC(C)/C(N)=N/O)c1C. The van der Waals surface area contributed by atoms with Gasteiger partial charge in [-0.2, -0.15) is 0 Å². The maximum atomic E-state index is 12.0.